The van der Waals surface area contributed by atoms with Gasteiger partial charge >= 0.3 is 0 Å². The van der Waals surface area contributed by atoms with Gasteiger partial charge in [-0.05, 0) is 75.7 Å². The van der Waals surface area contributed by atoms with Crippen molar-refractivity contribution < 1.29 is 9.59 Å². The number of piperidine rings is 1. The number of nitrogen functional groups attached to an aromatic ring is 1. The number of hydrogen-bond donors (Lipinski definition) is 3. The minimum absolute atomic E-state index is 0.0427. The molecule has 2 aromatic rings. The van der Waals surface area contributed by atoms with E-state index in [2.05, 4.69) is 40.4 Å². The first-order valence-corrected chi connectivity index (χ1v) is 13.3. The number of nitrogens with one attached hydrogen (secondary N) is 2. The van der Waals surface area contributed by atoms with Crippen LogP contribution < -0.4 is 16.4 Å². The van der Waals surface area contributed by atoms with Crippen LogP contribution >= 0.6 is 0 Å². The van der Waals surface area contributed by atoms with Crippen molar-refractivity contribution in [1.82, 2.24) is 20.5 Å². The van der Waals surface area contributed by atoms with Crippen molar-refractivity contribution in [2.75, 3.05) is 25.4 Å². The third-order valence-electron chi connectivity index (χ3n) is 6.88. The Morgan fingerprint density at radius 2 is 1.86 bits per heavy atom. The van der Waals surface area contributed by atoms with Gasteiger partial charge in [0.05, 0.1) is 12.1 Å². The Bertz CT molecular complexity index is 971. The molecule has 0 bridgehead atoms. The molecule has 1 aromatic carbocycles. The number of nitrogens with two attached hydrogens (primary N) is 1. The maximum atomic E-state index is 13.0. The standard InChI is InChI=1S/C28H43N5O2/c1-20(2)31-25(9-5-8-18-33-16-6-4-7-17-33)28(35)32-21(3)26(34)13-11-22-10-12-24-23(19-22)14-15-30-27(24)29/h10,12,14-15,19-21,25,31H,4-9,11,13,16-18H2,1-3H3,(H2,29,30)(H,32,35)/t21-,25+/m0/s1. The summed E-state index contributed by atoms with van der Waals surface area (Å²) >= 11 is 0. The molecule has 0 spiro atoms. The summed E-state index contributed by atoms with van der Waals surface area (Å²) in [5.74, 6) is 0.477. The average molecular weight is 482 g/mol. The second-order valence-corrected chi connectivity index (χ2v) is 10.2. The number of amides is 1. The predicted octanol–water partition coefficient (Wildman–Crippen LogP) is 3.85. The van der Waals surface area contributed by atoms with Crippen molar-refractivity contribution in [2.45, 2.75) is 90.3 Å². The molecule has 1 saturated heterocycles. The molecule has 0 aliphatic carbocycles. The van der Waals surface area contributed by atoms with Crippen LogP contribution in [0, 0.1) is 0 Å². The van der Waals surface area contributed by atoms with Crippen LogP contribution in [0.25, 0.3) is 10.8 Å². The minimum Gasteiger partial charge on any atom is -0.383 e. The van der Waals surface area contributed by atoms with Gasteiger partial charge < -0.3 is 21.3 Å². The highest BCUT2D eigenvalue weighted by atomic mass is 16.2. The highest BCUT2D eigenvalue weighted by Gasteiger charge is 2.23. The van der Waals surface area contributed by atoms with E-state index >= 15 is 0 Å². The summed E-state index contributed by atoms with van der Waals surface area (Å²) in [6.07, 6.45) is 9.55. The SMILES string of the molecule is CC(C)N[C@H](CCCCN1CCCCC1)C(=O)N[C@@H](C)C(=O)CCc1ccc2c(N)nccc2c1. The van der Waals surface area contributed by atoms with E-state index in [0.717, 1.165) is 42.1 Å². The third-order valence-corrected chi connectivity index (χ3v) is 6.88. The van der Waals surface area contributed by atoms with Crippen molar-refractivity contribution in [1.29, 1.82) is 0 Å². The normalized spacial score (nSPS) is 16.3. The highest BCUT2D eigenvalue weighted by molar-refractivity contribution is 5.92. The zero-order valence-electron chi connectivity index (χ0n) is 21.7. The highest BCUT2D eigenvalue weighted by Crippen LogP contribution is 2.21. The molecule has 1 fully saturated rings. The van der Waals surface area contributed by atoms with E-state index in [4.69, 9.17) is 5.73 Å². The fourth-order valence-electron chi connectivity index (χ4n) is 4.84. The summed E-state index contributed by atoms with van der Waals surface area (Å²) in [7, 11) is 0. The third kappa shape index (κ3) is 8.58. The number of benzene rings is 1. The predicted molar refractivity (Wildman–Crippen MR) is 143 cm³/mol. The molecule has 0 unspecified atom stereocenters. The molecule has 1 aromatic heterocycles. The largest absolute Gasteiger partial charge is 0.383 e. The minimum atomic E-state index is -0.507. The number of aromatic nitrogens is 1. The first-order chi connectivity index (χ1) is 16.8. The molecule has 2 atom stereocenters. The van der Waals surface area contributed by atoms with Crippen LogP contribution in [0.5, 0.6) is 0 Å². The number of nitrogens with zero attached hydrogens (tertiary/aromatic N) is 2. The van der Waals surface area contributed by atoms with E-state index < -0.39 is 6.04 Å². The molecule has 2 heterocycles. The summed E-state index contributed by atoms with van der Waals surface area (Å²) in [4.78, 5) is 32.4. The number of aryl methyl sites for hydroxylation is 1. The Morgan fingerprint density at radius 1 is 1.09 bits per heavy atom. The van der Waals surface area contributed by atoms with Crippen LogP contribution in [-0.2, 0) is 16.0 Å². The van der Waals surface area contributed by atoms with Gasteiger partial charge in [0.1, 0.15) is 5.82 Å². The van der Waals surface area contributed by atoms with E-state index in [0.29, 0.717) is 18.7 Å². The molecule has 3 rings (SSSR count). The Hall–Kier alpha value is -2.51. The second kappa shape index (κ2) is 13.5. The number of ketones is 1. The molecule has 0 saturated carbocycles. The first-order valence-electron chi connectivity index (χ1n) is 13.3. The van der Waals surface area contributed by atoms with Gasteiger partial charge in [-0.25, -0.2) is 4.98 Å². The molecule has 192 valence electrons. The van der Waals surface area contributed by atoms with Crippen LogP contribution in [0.3, 0.4) is 0 Å². The van der Waals surface area contributed by atoms with Gasteiger partial charge in [-0.2, -0.15) is 0 Å². The van der Waals surface area contributed by atoms with Gasteiger partial charge in [0, 0.05) is 24.0 Å². The van der Waals surface area contributed by atoms with Gasteiger partial charge in [-0.3, -0.25) is 9.59 Å². The lowest BCUT2D eigenvalue weighted by Crippen LogP contribution is -2.50. The lowest BCUT2D eigenvalue weighted by molar-refractivity contribution is -0.128. The van der Waals surface area contributed by atoms with Gasteiger partial charge in [0.2, 0.25) is 5.91 Å². The Labute approximate surface area is 210 Å². The summed E-state index contributed by atoms with van der Waals surface area (Å²) in [6, 6.07) is 7.35. The van der Waals surface area contributed by atoms with E-state index in [1.807, 2.05) is 18.2 Å². The summed E-state index contributed by atoms with van der Waals surface area (Å²) in [6.45, 7) is 9.42. The van der Waals surface area contributed by atoms with Crippen molar-refractivity contribution in [3.63, 3.8) is 0 Å². The molecule has 0 radical (unpaired) electrons. The van der Waals surface area contributed by atoms with E-state index in [-0.39, 0.29) is 23.8 Å². The van der Waals surface area contributed by atoms with Crippen LogP contribution in [0.4, 0.5) is 5.82 Å². The van der Waals surface area contributed by atoms with Crippen LogP contribution in [0.15, 0.2) is 30.5 Å². The smallest absolute Gasteiger partial charge is 0.237 e. The number of pyridine rings is 1. The fraction of sp³-hybridized carbons (Fsp3) is 0.607. The van der Waals surface area contributed by atoms with Crippen LogP contribution in [-0.4, -0.2) is 59.3 Å². The zero-order valence-corrected chi connectivity index (χ0v) is 21.7. The molecule has 1 aliphatic rings. The maximum absolute atomic E-state index is 13.0. The van der Waals surface area contributed by atoms with Crippen LogP contribution in [0.2, 0.25) is 0 Å². The summed E-state index contributed by atoms with van der Waals surface area (Å²) < 4.78 is 0. The molecular weight excluding hydrogens is 438 g/mol. The number of likely N-dealkylation sites (tertiary alicyclic amines) is 1. The number of carbonyl (C=O) groups excluding carboxylic acids is 2. The van der Waals surface area contributed by atoms with Crippen molar-refractivity contribution in [3.05, 3.63) is 36.0 Å². The molecule has 1 amide bonds. The number of unbranched alkanes of at least 4 members (excludes halogenated alkanes) is 1. The summed E-state index contributed by atoms with van der Waals surface area (Å²) in [5.41, 5.74) is 7.00. The quantitative estimate of drug-likeness (QED) is 0.376. The monoisotopic (exact) mass is 481 g/mol. The molecule has 1 aliphatic heterocycles. The van der Waals surface area contributed by atoms with Crippen molar-refractivity contribution in [3.8, 4) is 0 Å². The Kier molecular flexibility index (Phi) is 10.5. The van der Waals surface area contributed by atoms with E-state index in [1.165, 1.54) is 32.4 Å². The molecule has 7 heteroatoms. The van der Waals surface area contributed by atoms with Crippen molar-refractivity contribution >= 4 is 28.3 Å². The zero-order chi connectivity index (χ0) is 25.2. The molecule has 35 heavy (non-hydrogen) atoms. The Morgan fingerprint density at radius 3 is 2.60 bits per heavy atom. The van der Waals surface area contributed by atoms with Crippen LogP contribution in [0.1, 0.15) is 71.3 Å². The average Bonchev–Trinajstić information content (AvgIpc) is 2.84. The van der Waals surface area contributed by atoms with E-state index in [1.54, 1.807) is 13.1 Å². The summed E-state index contributed by atoms with van der Waals surface area (Å²) in [5, 5.41) is 8.29. The molecule has 7 nitrogen and oxygen atoms in total. The van der Waals surface area contributed by atoms with Gasteiger partial charge in [0.25, 0.3) is 0 Å². The number of carbonyl (C=O) groups is 2. The fourth-order valence-corrected chi connectivity index (χ4v) is 4.84. The second-order valence-electron chi connectivity index (χ2n) is 10.2. The molecule has 4 N–H and O–H groups in total. The van der Waals surface area contributed by atoms with Crippen molar-refractivity contribution in [2.24, 2.45) is 0 Å². The number of Topliss-reactive ketones (excluding diaryl/α,β-unsaturated/α-hetero) is 1. The lowest BCUT2D eigenvalue weighted by Gasteiger charge is -2.27. The van der Waals surface area contributed by atoms with Gasteiger partial charge in [-0.15, -0.1) is 0 Å². The molecular formula is C28H43N5O2. The van der Waals surface area contributed by atoms with Gasteiger partial charge in [0.15, 0.2) is 5.78 Å². The lowest BCUT2D eigenvalue weighted by atomic mass is 10.0. The first kappa shape index (κ1) is 27.1. The Balaban J connectivity index is 1.45. The maximum Gasteiger partial charge on any atom is 0.237 e. The number of fused-ring (bicyclic) bond motifs is 1. The van der Waals surface area contributed by atoms with E-state index in [9.17, 15) is 9.59 Å². The number of hydrogen-bond acceptors (Lipinski definition) is 6. The van der Waals surface area contributed by atoms with Gasteiger partial charge in [-0.1, -0.05) is 44.9 Å². The topological polar surface area (TPSA) is 100 Å². The number of rotatable bonds is 13. The number of anilines is 1.